The molecule has 3 atom stereocenters. The van der Waals surface area contributed by atoms with E-state index in [1.165, 1.54) is 17.2 Å². The second-order valence-corrected chi connectivity index (χ2v) is 6.69. The summed E-state index contributed by atoms with van der Waals surface area (Å²) < 4.78 is 0. The van der Waals surface area contributed by atoms with Crippen molar-refractivity contribution in [1.82, 2.24) is 0 Å². The number of ketones is 2. The molecule has 0 amide bonds. The van der Waals surface area contributed by atoms with Crippen LogP contribution in [0.4, 0.5) is 0 Å². The van der Waals surface area contributed by atoms with E-state index in [9.17, 15) is 14.7 Å². The van der Waals surface area contributed by atoms with Gasteiger partial charge >= 0.3 is 0 Å². The van der Waals surface area contributed by atoms with Gasteiger partial charge < -0.3 is 5.11 Å². The first-order valence-corrected chi connectivity index (χ1v) is 7.44. The largest absolute Gasteiger partial charge is 0.388 e. The van der Waals surface area contributed by atoms with Gasteiger partial charge in [0, 0.05) is 17.4 Å². The molecule has 2 aliphatic carbocycles. The molecule has 20 heavy (non-hydrogen) atoms. The molecule has 0 bridgehead atoms. The number of Topliss-reactive ketones (excluding diaryl/α,β-unsaturated/α-hetero) is 1. The normalized spacial score (nSPS) is 28.6. The standard InChI is InChI=1S/C17H24O3/c1-9(2)5-15(18)14-8-16(19)12-6-10(3)11(4)7-13(12)17(14)20/h8-9,12-13,15,18H,5-7H2,1-4H3/t12-,13-,15-/m1/s1. The van der Waals surface area contributed by atoms with Gasteiger partial charge in [-0.05, 0) is 45.1 Å². The average molecular weight is 276 g/mol. The number of hydrogen-bond acceptors (Lipinski definition) is 3. The minimum atomic E-state index is -0.806. The van der Waals surface area contributed by atoms with Crippen LogP contribution in [0.5, 0.6) is 0 Å². The van der Waals surface area contributed by atoms with Gasteiger partial charge in [0.25, 0.3) is 0 Å². The third kappa shape index (κ3) is 2.78. The number of carbonyl (C=O) groups is 2. The van der Waals surface area contributed by atoms with E-state index < -0.39 is 6.10 Å². The van der Waals surface area contributed by atoms with Crippen molar-refractivity contribution >= 4 is 11.6 Å². The molecule has 3 heteroatoms. The Hall–Kier alpha value is -1.22. The lowest BCUT2D eigenvalue weighted by atomic mass is 9.67. The van der Waals surface area contributed by atoms with Crippen LogP contribution in [0.2, 0.25) is 0 Å². The number of aliphatic hydroxyl groups is 1. The highest BCUT2D eigenvalue weighted by Gasteiger charge is 2.42. The number of carbonyl (C=O) groups excluding carboxylic acids is 2. The molecule has 2 rings (SSSR count). The number of fused-ring (bicyclic) bond motifs is 1. The summed E-state index contributed by atoms with van der Waals surface area (Å²) >= 11 is 0. The summed E-state index contributed by atoms with van der Waals surface area (Å²) in [6.07, 6.45) is 2.47. The Bertz CT molecular complexity index is 496. The van der Waals surface area contributed by atoms with Crippen molar-refractivity contribution in [3.63, 3.8) is 0 Å². The zero-order valence-electron chi connectivity index (χ0n) is 12.8. The van der Waals surface area contributed by atoms with Gasteiger partial charge in [-0.2, -0.15) is 0 Å². The zero-order chi connectivity index (χ0) is 15.0. The van der Waals surface area contributed by atoms with Crippen LogP contribution in [-0.4, -0.2) is 22.8 Å². The fourth-order valence-corrected chi connectivity index (χ4v) is 3.25. The number of rotatable bonds is 3. The minimum absolute atomic E-state index is 0.0132. The molecule has 0 unspecified atom stereocenters. The van der Waals surface area contributed by atoms with Crippen LogP contribution in [-0.2, 0) is 9.59 Å². The molecule has 110 valence electrons. The number of hydrogen-bond donors (Lipinski definition) is 1. The fraction of sp³-hybridized carbons (Fsp3) is 0.647. The highest BCUT2D eigenvalue weighted by Crippen LogP contribution is 2.40. The molecule has 1 N–H and O–H groups in total. The molecular weight excluding hydrogens is 252 g/mol. The van der Waals surface area contributed by atoms with Crippen LogP contribution >= 0.6 is 0 Å². The van der Waals surface area contributed by atoms with Gasteiger partial charge in [-0.1, -0.05) is 25.0 Å². The third-order valence-corrected chi connectivity index (χ3v) is 4.60. The van der Waals surface area contributed by atoms with Crippen molar-refractivity contribution in [2.75, 3.05) is 0 Å². The van der Waals surface area contributed by atoms with E-state index in [1.807, 2.05) is 27.7 Å². The Morgan fingerprint density at radius 2 is 1.70 bits per heavy atom. The summed E-state index contributed by atoms with van der Waals surface area (Å²) in [6, 6.07) is 0. The lowest BCUT2D eigenvalue weighted by molar-refractivity contribution is -0.131. The molecule has 0 aromatic heterocycles. The molecule has 0 fully saturated rings. The van der Waals surface area contributed by atoms with Crippen LogP contribution in [0.25, 0.3) is 0 Å². The predicted molar refractivity (Wildman–Crippen MR) is 78.1 cm³/mol. The van der Waals surface area contributed by atoms with E-state index in [1.54, 1.807) is 0 Å². The van der Waals surface area contributed by atoms with E-state index >= 15 is 0 Å². The molecule has 3 nitrogen and oxygen atoms in total. The molecule has 0 radical (unpaired) electrons. The fourth-order valence-electron chi connectivity index (χ4n) is 3.25. The van der Waals surface area contributed by atoms with Crippen LogP contribution in [0.1, 0.15) is 47.0 Å². The maximum Gasteiger partial charge on any atom is 0.165 e. The van der Waals surface area contributed by atoms with Crippen LogP contribution in [0.15, 0.2) is 22.8 Å². The van der Waals surface area contributed by atoms with Crippen molar-refractivity contribution in [2.24, 2.45) is 17.8 Å². The van der Waals surface area contributed by atoms with Crippen LogP contribution in [0, 0.1) is 17.8 Å². The Morgan fingerprint density at radius 1 is 1.15 bits per heavy atom. The van der Waals surface area contributed by atoms with Gasteiger partial charge in [0.05, 0.1) is 6.10 Å². The third-order valence-electron chi connectivity index (χ3n) is 4.60. The summed E-state index contributed by atoms with van der Waals surface area (Å²) in [5, 5.41) is 10.2. The van der Waals surface area contributed by atoms with E-state index in [-0.39, 0.29) is 23.4 Å². The smallest absolute Gasteiger partial charge is 0.165 e. The highest BCUT2D eigenvalue weighted by molar-refractivity contribution is 6.11. The van der Waals surface area contributed by atoms with E-state index in [2.05, 4.69) is 0 Å². The Morgan fingerprint density at radius 3 is 2.25 bits per heavy atom. The molecular formula is C17H24O3. The average Bonchev–Trinajstić information content (AvgIpc) is 2.35. The first-order valence-electron chi connectivity index (χ1n) is 7.44. The molecule has 0 aromatic carbocycles. The first kappa shape index (κ1) is 15.2. The summed E-state index contributed by atoms with van der Waals surface area (Å²) in [5.74, 6) is -0.176. The molecule has 0 aromatic rings. The molecule has 2 aliphatic rings. The number of allylic oxidation sites excluding steroid dienone is 3. The van der Waals surface area contributed by atoms with Crippen molar-refractivity contribution in [2.45, 2.75) is 53.1 Å². The molecule has 0 heterocycles. The van der Waals surface area contributed by atoms with Crippen molar-refractivity contribution in [1.29, 1.82) is 0 Å². The van der Waals surface area contributed by atoms with Crippen molar-refractivity contribution in [3.05, 3.63) is 22.8 Å². The second kappa shape index (κ2) is 5.65. The molecule has 0 aliphatic heterocycles. The highest BCUT2D eigenvalue weighted by atomic mass is 16.3. The second-order valence-electron chi connectivity index (χ2n) is 6.69. The lowest BCUT2D eigenvalue weighted by Gasteiger charge is -2.35. The quantitative estimate of drug-likeness (QED) is 0.806. The van der Waals surface area contributed by atoms with Gasteiger partial charge in [-0.25, -0.2) is 0 Å². The topological polar surface area (TPSA) is 54.4 Å². The Balaban J connectivity index is 2.26. The summed E-state index contributed by atoms with van der Waals surface area (Å²) in [7, 11) is 0. The van der Waals surface area contributed by atoms with Gasteiger partial charge in [0.2, 0.25) is 0 Å². The van der Waals surface area contributed by atoms with Gasteiger partial charge in [-0.15, -0.1) is 0 Å². The minimum Gasteiger partial charge on any atom is -0.388 e. The maximum absolute atomic E-state index is 12.6. The molecule has 0 saturated heterocycles. The summed E-state index contributed by atoms with van der Waals surface area (Å²) in [6.45, 7) is 8.07. The van der Waals surface area contributed by atoms with E-state index in [0.29, 0.717) is 30.8 Å². The zero-order valence-corrected chi connectivity index (χ0v) is 12.8. The SMILES string of the molecule is CC1=C(C)C[C@H]2C(=O)C([C@H](O)CC(C)C)=CC(=O)[C@@H]2C1. The first-order chi connectivity index (χ1) is 9.31. The van der Waals surface area contributed by atoms with E-state index in [0.717, 1.165) is 0 Å². The maximum atomic E-state index is 12.6. The van der Waals surface area contributed by atoms with Crippen LogP contribution in [0.3, 0.4) is 0 Å². The predicted octanol–water partition coefficient (Wildman–Crippen LogP) is 2.83. The Labute approximate surface area is 120 Å². The van der Waals surface area contributed by atoms with E-state index in [4.69, 9.17) is 0 Å². The molecule has 0 spiro atoms. The lowest BCUT2D eigenvalue weighted by Crippen LogP contribution is -2.40. The van der Waals surface area contributed by atoms with Gasteiger partial charge in [0.1, 0.15) is 0 Å². The van der Waals surface area contributed by atoms with Gasteiger partial charge in [0.15, 0.2) is 11.6 Å². The summed E-state index contributed by atoms with van der Waals surface area (Å²) in [4.78, 5) is 24.8. The van der Waals surface area contributed by atoms with Gasteiger partial charge in [-0.3, -0.25) is 9.59 Å². The Kier molecular flexibility index (Phi) is 4.28. The summed E-state index contributed by atoms with van der Waals surface area (Å²) in [5.41, 5.74) is 2.77. The van der Waals surface area contributed by atoms with Crippen molar-refractivity contribution in [3.8, 4) is 0 Å². The number of aliphatic hydroxyl groups excluding tert-OH is 1. The monoisotopic (exact) mass is 276 g/mol. The van der Waals surface area contributed by atoms with Crippen molar-refractivity contribution < 1.29 is 14.7 Å². The van der Waals surface area contributed by atoms with Crippen LogP contribution < -0.4 is 0 Å². The molecule has 0 saturated carbocycles.